The minimum atomic E-state index is -2.45. The molecule has 0 spiro atoms. The van der Waals surface area contributed by atoms with Crippen LogP contribution in [-0.4, -0.2) is 43.4 Å². The molecule has 1 aliphatic heterocycles. The monoisotopic (exact) mass is 192 g/mol. The maximum absolute atomic E-state index is 11.9. The maximum atomic E-state index is 11.9. The number of nitrogens with zero attached hydrogens (tertiary/aromatic N) is 1. The molecule has 1 fully saturated rings. The zero-order valence-corrected chi connectivity index (χ0v) is 7.59. The molecule has 1 aliphatic rings. The van der Waals surface area contributed by atoms with Crippen molar-refractivity contribution in [2.24, 2.45) is 0 Å². The van der Waals surface area contributed by atoms with Crippen molar-refractivity contribution in [1.29, 1.82) is 0 Å². The lowest BCUT2D eigenvalue weighted by Gasteiger charge is -2.20. The Morgan fingerprint density at radius 2 is 2.38 bits per heavy atom. The molecule has 0 aliphatic carbocycles. The van der Waals surface area contributed by atoms with Crippen LogP contribution in [0.3, 0.4) is 0 Å². The Labute approximate surface area is 76.1 Å². The van der Waals surface area contributed by atoms with Gasteiger partial charge in [-0.25, -0.2) is 8.78 Å². The Kier molecular flexibility index (Phi) is 3.59. The van der Waals surface area contributed by atoms with Crippen molar-refractivity contribution in [3.63, 3.8) is 0 Å². The summed E-state index contributed by atoms with van der Waals surface area (Å²) in [5.41, 5.74) is 0. The molecule has 76 valence electrons. The van der Waals surface area contributed by atoms with Gasteiger partial charge in [-0.15, -0.1) is 0 Å². The van der Waals surface area contributed by atoms with Gasteiger partial charge in [0, 0.05) is 7.05 Å². The number of nitrogens with one attached hydrogen (secondary N) is 1. The van der Waals surface area contributed by atoms with Gasteiger partial charge in [0.05, 0.1) is 12.6 Å². The molecule has 5 heteroatoms. The molecule has 1 amide bonds. The first-order valence-corrected chi connectivity index (χ1v) is 4.38. The maximum Gasteiger partial charge on any atom is 0.255 e. The summed E-state index contributed by atoms with van der Waals surface area (Å²) in [6.07, 6.45) is -0.749. The van der Waals surface area contributed by atoms with E-state index < -0.39 is 13.0 Å². The summed E-state index contributed by atoms with van der Waals surface area (Å²) >= 11 is 0. The first-order valence-electron chi connectivity index (χ1n) is 4.38. The smallest absolute Gasteiger partial charge is 0.255 e. The number of hydrogen-bond acceptors (Lipinski definition) is 2. The van der Waals surface area contributed by atoms with Gasteiger partial charge in [0.15, 0.2) is 0 Å². The average molecular weight is 192 g/mol. The molecular weight excluding hydrogens is 178 g/mol. The van der Waals surface area contributed by atoms with Gasteiger partial charge >= 0.3 is 0 Å². The summed E-state index contributed by atoms with van der Waals surface area (Å²) < 4.78 is 23.8. The molecule has 0 radical (unpaired) electrons. The van der Waals surface area contributed by atoms with Gasteiger partial charge in [-0.05, 0) is 19.4 Å². The highest BCUT2D eigenvalue weighted by Gasteiger charge is 2.25. The summed E-state index contributed by atoms with van der Waals surface area (Å²) in [6, 6.07) is -0.247. The second-order valence-electron chi connectivity index (χ2n) is 3.26. The third-order valence-corrected chi connectivity index (χ3v) is 2.15. The SMILES string of the molecule is CN(CC(F)F)C(=O)[C@@H]1CCCN1. The molecule has 0 bridgehead atoms. The molecule has 0 unspecified atom stereocenters. The van der Waals surface area contributed by atoms with E-state index in [1.54, 1.807) is 0 Å². The fourth-order valence-corrected chi connectivity index (χ4v) is 1.46. The normalized spacial score (nSPS) is 22.3. The Morgan fingerprint density at radius 3 is 2.85 bits per heavy atom. The molecule has 0 aromatic carbocycles. The minimum Gasteiger partial charge on any atom is -0.339 e. The number of alkyl halides is 2. The topological polar surface area (TPSA) is 32.3 Å². The third kappa shape index (κ3) is 2.91. The van der Waals surface area contributed by atoms with E-state index in [4.69, 9.17) is 0 Å². The Balaban J connectivity index is 2.36. The van der Waals surface area contributed by atoms with Gasteiger partial charge in [-0.3, -0.25) is 4.79 Å². The molecule has 1 rings (SSSR count). The predicted octanol–water partition coefficient (Wildman–Crippen LogP) is 0.462. The largest absolute Gasteiger partial charge is 0.339 e. The van der Waals surface area contributed by atoms with Gasteiger partial charge < -0.3 is 10.2 Å². The van der Waals surface area contributed by atoms with E-state index in [-0.39, 0.29) is 11.9 Å². The summed E-state index contributed by atoms with van der Waals surface area (Å²) in [5, 5.41) is 2.97. The van der Waals surface area contributed by atoms with Crippen LogP contribution in [0.4, 0.5) is 8.78 Å². The van der Waals surface area contributed by atoms with Crippen molar-refractivity contribution in [1.82, 2.24) is 10.2 Å². The molecule has 0 aromatic heterocycles. The van der Waals surface area contributed by atoms with Crippen LogP contribution in [0.5, 0.6) is 0 Å². The third-order valence-electron chi connectivity index (χ3n) is 2.15. The fourth-order valence-electron chi connectivity index (χ4n) is 1.46. The highest BCUT2D eigenvalue weighted by Crippen LogP contribution is 2.08. The van der Waals surface area contributed by atoms with Crippen molar-refractivity contribution in [3.8, 4) is 0 Å². The van der Waals surface area contributed by atoms with Crippen molar-refractivity contribution >= 4 is 5.91 Å². The van der Waals surface area contributed by atoms with Crippen LogP contribution in [0.1, 0.15) is 12.8 Å². The van der Waals surface area contributed by atoms with E-state index in [0.29, 0.717) is 0 Å². The number of halogens is 2. The second kappa shape index (κ2) is 4.50. The van der Waals surface area contributed by atoms with Crippen LogP contribution in [0.15, 0.2) is 0 Å². The molecule has 1 N–H and O–H groups in total. The lowest BCUT2D eigenvalue weighted by atomic mass is 10.2. The van der Waals surface area contributed by atoms with Crippen LogP contribution in [0.25, 0.3) is 0 Å². The number of carbonyl (C=O) groups is 1. The molecular formula is C8H14F2N2O. The van der Waals surface area contributed by atoms with Crippen LogP contribution in [0.2, 0.25) is 0 Å². The van der Waals surface area contributed by atoms with Crippen LogP contribution >= 0.6 is 0 Å². The first-order chi connectivity index (χ1) is 6.11. The molecule has 0 aromatic rings. The average Bonchev–Trinajstić information content (AvgIpc) is 2.53. The van der Waals surface area contributed by atoms with Crippen LogP contribution in [0, 0.1) is 0 Å². The Hall–Kier alpha value is -0.710. The summed E-state index contributed by atoms with van der Waals surface area (Å²) in [7, 11) is 1.41. The highest BCUT2D eigenvalue weighted by molar-refractivity contribution is 5.81. The van der Waals surface area contributed by atoms with Gasteiger partial charge in [-0.2, -0.15) is 0 Å². The molecule has 3 nitrogen and oxygen atoms in total. The summed E-state index contributed by atoms with van der Waals surface area (Å²) in [6.45, 7) is 0.329. The van der Waals surface area contributed by atoms with E-state index in [1.807, 2.05) is 0 Å². The van der Waals surface area contributed by atoms with Crippen molar-refractivity contribution in [3.05, 3.63) is 0 Å². The first kappa shape index (κ1) is 10.4. The van der Waals surface area contributed by atoms with Crippen molar-refractivity contribution in [2.45, 2.75) is 25.3 Å². The molecule has 0 saturated carbocycles. The zero-order chi connectivity index (χ0) is 9.84. The highest BCUT2D eigenvalue weighted by atomic mass is 19.3. The molecule has 1 saturated heterocycles. The van der Waals surface area contributed by atoms with E-state index in [9.17, 15) is 13.6 Å². The van der Waals surface area contributed by atoms with E-state index in [2.05, 4.69) is 5.32 Å². The Morgan fingerprint density at radius 1 is 1.69 bits per heavy atom. The number of likely N-dealkylation sites (N-methyl/N-ethyl adjacent to an activating group) is 1. The number of hydrogen-bond donors (Lipinski definition) is 1. The zero-order valence-electron chi connectivity index (χ0n) is 7.59. The van der Waals surface area contributed by atoms with Gasteiger partial charge in [-0.1, -0.05) is 0 Å². The van der Waals surface area contributed by atoms with Crippen LogP contribution in [-0.2, 0) is 4.79 Å². The van der Waals surface area contributed by atoms with Gasteiger partial charge in [0.2, 0.25) is 5.91 Å². The second-order valence-corrected chi connectivity index (χ2v) is 3.26. The van der Waals surface area contributed by atoms with E-state index in [0.717, 1.165) is 24.3 Å². The predicted molar refractivity (Wildman–Crippen MR) is 44.7 cm³/mol. The Bertz CT molecular complexity index is 181. The number of rotatable bonds is 3. The summed E-state index contributed by atoms with van der Waals surface area (Å²) in [5.74, 6) is -0.224. The van der Waals surface area contributed by atoms with E-state index in [1.165, 1.54) is 7.05 Å². The fraction of sp³-hybridized carbons (Fsp3) is 0.875. The lowest BCUT2D eigenvalue weighted by molar-refractivity contribution is -0.133. The minimum absolute atomic E-state index is 0.224. The standard InChI is InChI=1S/C8H14F2N2O/c1-12(5-7(9)10)8(13)6-3-2-4-11-6/h6-7,11H,2-5H2,1H3/t6-/m0/s1. The van der Waals surface area contributed by atoms with E-state index >= 15 is 0 Å². The molecule has 1 heterocycles. The van der Waals surface area contributed by atoms with Crippen molar-refractivity contribution < 1.29 is 13.6 Å². The van der Waals surface area contributed by atoms with Gasteiger partial charge in [0.25, 0.3) is 6.43 Å². The quantitative estimate of drug-likeness (QED) is 0.704. The van der Waals surface area contributed by atoms with Crippen molar-refractivity contribution in [2.75, 3.05) is 20.1 Å². The number of carbonyl (C=O) groups excluding carboxylic acids is 1. The molecule has 13 heavy (non-hydrogen) atoms. The van der Waals surface area contributed by atoms with Gasteiger partial charge in [0.1, 0.15) is 0 Å². The molecule has 1 atom stereocenters. The number of amides is 1. The lowest BCUT2D eigenvalue weighted by Crippen LogP contribution is -2.43. The summed E-state index contributed by atoms with van der Waals surface area (Å²) in [4.78, 5) is 12.5. The van der Waals surface area contributed by atoms with Crippen LogP contribution < -0.4 is 5.32 Å².